The van der Waals surface area contributed by atoms with E-state index >= 15 is 0 Å². The van der Waals surface area contributed by atoms with Crippen LogP contribution in [-0.2, 0) is 11.1 Å². The minimum absolute atomic E-state index is 0.0223. The van der Waals surface area contributed by atoms with Crippen molar-refractivity contribution in [3.05, 3.63) is 63.1 Å². The van der Waals surface area contributed by atoms with Gasteiger partial charge in [0.2, 0.25) is 0 Å². The summed E-state index contributed by atoms with van der Waals surface area (Å²) in [6, 6.07) is 7.96. The smallest absolute Gasteiger partial charge is 0.375 e. The maximum absolute atomic E-state index is 13.0. The molecule has 3 rings (SSSR count). The molecule has 2 atom stereocenters. The van der Waals surface area contributed by atoms with Crippen molar-refractivity contribution in [3.8, 4) is 0 Å². The number of fused-ring (bicyclic) bond motifs is 1. The highest BCUT2D eigenvalue weighted by Crippen LogP contribution is 2.54. The molecule has 2 aromatic carbocycles. The van der Waals surface area contributed by atoms with E-state index in [1.165, 1.54) is 30.1 Å². The van der Waals surface area contributed by atoms with Crippen LogP contribution in [0.3, 0.4) is 0 Å². The number of halogens is 6. The third-order valence-electron chi connectivity index (χ3n) is 4.38. The summed E-state index contributed by atoms with van der Waals surface area (Å²) in [5, 5.41) is 4.77. The minimum Gasteiger partial charge on any atom is -0.375 e. The normalized spacial score (nSPS) is 21.8. The highest BCUT2D eigenvalue weighted by Gasteiger charge is 2.45. The van der Waals surface area contributed by atoms with Gasteiger partial charge in [0.15, 0.2) is 5.11 Å². The molecule has 0 bridgehead atoms. The largest absolute Gasteiger partial charge is 0.416 e. The second-order valence-corrected chi connectivity index (χ2v) is 9.13. The van der Waals surface area contributed by atoms with E-state index in [9.17, 15) is 13.2 Å². The molecular weight excluding hydrogens is 486 g/mol. The monoisotopic (exact) mass is 497 g/mol. The van der Waals surface area contributed by atoms with Crippen LogP contribution >= 0.6 is 58.8 Å². The molecule has 2 aromatic rings. The zero-order chi connectivity index (χ0) is 21.4. The number of hydrogen-bond acceptors (Lipinski definition) is 3. The van der Waals surface area contributed by atoms with Gasteiger partial charge in [0, 0.05) is 27.8 Å². The zero-order valence-electron chi connectivity index (χ0n) is 14.4. The molecule has 0 amide bonds. The SMILES string of the molecule is NC(=S)NN=CC1CSc2c(Cl)cc(Cl)cc2C1(Cl)c1ccc(C(F)(F)F)cc1. The van der Waals surface area contributed by atoms with Gasteiger partial charge in [0.05, 0.1) is 10.6 Å². The van der Waals surface area contributed by atoms with Crippen LogP contribution in [-0.4, -0.2) is 17.1 Å². The number of nitrogens with two attached hydrogens (primary N) is 1. The topological polar surface area (TPSA) is 50.4 Å². The van der Waals surface area contributed by atoms with Gasteiger partial charge in [-0.2, -0.15) is 18.3 Å². The van der Waals surface area contributed by atoms with E-state index in [1.54, 1.807) is 12.1 Å². The average Bonchev–Trinajstić information content (AvgIpc) is 2.63. The van der Waals surface area contributed by atoms with E-state index in [0.717, 1.165) is 17.0 Å². The number of hydrogen-bond donors (Lipinski definition) is 2. The van der Waals surface area contributed by atoms with Gasteiger partial charge in [0.25, 0.3) is 0 Å². The fraction of sp³-hybridized carbons (Fsp3) is 0.222. The summed E-state index contributed by atoms with van der Waals surface area (Å²) in [7, 11) is 0. The summed E-state index contributed by atoms with van der Waals surface area (Å²) in [4.78, 5) is -0.529. The van der Waals surface area contributed by atoms with E-state index < -0.39 is 22.5 Å². The van der Waals surface area contributed by atoms with Gasteiger partial charge in [-0.15, -0.1) is 23.4 Å². The highest BCUT2D eigenvalue weighted by atomic mass is 35.5. The quantitative estimate of drug-likeness (QED) is 0.235. The van der Waals surface area contributed by atoms with Crippen LogP contribution in [0.15, 0.2) is 46.4 Å². The van der Waals surface area contributed by atoms with Gasteiger partial charge in [-0.3, -0.25) is 5.43 Å². The fourth-order valence-electron chi connectivity index (χ4n) is 3.07. The molecule has 1 heterocycles. The van der Waals surface area contributed by atoms with Crippen molar-refractivity contribution in [2.24, 2.45) is 16.8 Å². The number of benzene rings is 2. The first-order valence-electron chi connectivity index (χ1n) is 8.11. The summed E-state index contributed by atoms with van der Waals surface area (Å²) in [6.45, 7) is 0. The number of nitrogens with zero attached hydrogens (tertiary/aromatic N) is 1. The van der Waals surface area contributed by atoms with Crippen molar-refractivity contribution in [1.29, 1.82) is 0 Å². The van der Waals surface area contributed by atoms with Crippen molar-refractivity contribution >= 4 is 70.1 Å². The fourth-order valence-corrected chi connectivity index (χ4v) is 5.59. The van der Waals surface area contributed by atoms with E-state index in [1.807, 2.05) is 0 Å². The first-order valence-corrected chi connectivity index (χ1v) is 10.6. The van der Waals surface area contributed by atoms with Crippen LogP contribution < -0.4 is 11.2 Å². The molecule has 1 aliphatic heterocycles. The lowest BCUT2D eigenvalue weighted by molar-refractivity contribution is -0.137. The molecule has 0 spiro atoms. The molecule has 0 aromatic heterocycles. The molecule has 0 fully saturated rings. The summed E-state index contributed by atoms with van der Waals surface area (Å²) in [6.07, 6.45) is -2.92. The Balaban J connectivity index is 2.15. The molecule has 154 valence electrons. The molecular formula is C18H13Cl3F3N3S2. The van der Waals surface area contributed by atoms with Gasteiger partial charge >= 0.3 is 6.18 Å². The Bertz CT molecular complexity index is 967. The number of alkyl halides is 4. The van der Waals surface area contributed by atoms with Crippen LogP contribution in [0.5, 0.6) is 0 Å². The average molecular weight is 499 g/mol. The van der Waals surface area contributed by atoms with Gasteiger partial charge < -0.3 is 5.73 Å². The summed E-state index contributed by atoms with van der Waals surface area (Å²) < 4.78 is 39.0. The maximum Gasteiger partial charge on any atom is 0.416 e. The highest BCUT2D eigenvalue weighted by molar-refractivity contribution is 7.99. The van der Waals surface area contributed by atoms with Gasteiger partial charge in [-0.25, -0.2) is 0 Å². The van der Waals surface area contributed by atoms with Crippen LogP contribution in [0.2, 0.25) is 10.0 Å². The number of hydrazone groups is 1. The first kappa shape index (κ1) is 22.5. The van der Waals surface area contributed by atoms with Crippen molar-refractivity contribution in [1.82, 2.24) is 5.43 Å². The van der Waals surface area contributed by atoms with Crippen molar-refractivity contribution < 1.29 is 13.2 Å². The number of nitrogens with one attached hydrogen (secondary N) is 1. The molecule has 0 saturated carbocycles. The van der Waals surface area contributed by atoms with Crippen LogP contribution in [0.1, 0.15) is 16.7 Å². The molecule has 1 aliphatic rings. The minimum atomic E-state index is -4.45. The van der Waals surface area contributed by atoms with Gasteiger partial charge in [-0.05, 0) is 47.6 Å². The zero-order valence-corrected chi connectivity index (χ0v) is 18.3. The second-order valence-electron chi connectivity index (χ2n) is 6.22. The second kappa shape index (κ2) is 8.51. The lowest BCUT2D eigenvalue weighted by atomic mass is 9.80. The molecule has 0 saturated heterocycles. The van der Waals surface area contributed by atoms with Crippen molar-refractivity contribution in [2.45, 2.75) is 15.9 Å². The Morgan fingerprint density at radius 3 is 2.52 bits per heavy atom. The maximum atomic E-state index is 13.0. The van der Waals surface area contributed by atoms with E-state index in [4.69, 9.17) is 52.8 Å². The van der Waals surface area contributed by atoms with Crippen LogP contribution in [0.25, 0.3) is 0 Å². The van der Waals surface area contributed by atoms with Gasteiger partial charge in [-0.1, -0.05) is 35.3 Å². The van der Waals surface area contributed by atoms with Crippen LogP contribution in [0.4, 0.5) is 13.2 Å². The van der Waals surface area contributed by atoms with Crippen molar-refractivity contribution in [2.75, 3.05) is 5.75 Å². The standard InChI is InChI=1S/C18H13Cl3F3N3S2/c19-12-5-13-15(14(20)6-12)29-8-11(7-26-27-16(25)28)17(13,21)9-1-3-10(4-2-9)18(22,23)24/h1-7,11H,8H2,(H3,25,27,28). The number of rotatable bonds is 3. The molecule has 11 heteroatoms. The molecule has 3 nitrogen and oxygen atoms in total. The van der Waals surface area contributed by atoms with Crippen LogP contribution in [0, 0.1) is 5.92 Å². The number of thiocarbonyl (C=S) groups is 1. The summed E-state index contributed by atoms with van der Waals surface area (Å²) >= 11 is 25.9. The Morgan fingerprint density at radius 1 is 1.28 bits per heavy atom. The molecule has 29 heavy (non-hydrogen) atoms. The molecule has 2 unspecified atom stereocenters. The Kier molecular flexibility index (Phi) is 6.60. The Morgan fingerprint density at radius 2 is 1.93 bits per heavy atom. The summed E-state index contributed by atoms with van der Waals surface area (Å²) in [5.41, 5.74) is 8.14. The predicted octanol–water partition coefficient (Wildman–Crippen LogP) is 6.04. The van der Waals surface area contributed by atoms with Crippen molar-refractivity contribution in [3.63, 3.8) is 0 Å². The Hall–Kier alpha value is -1.19. The summed E-state index contributed by atoms with van der Waals surface area (Å²) in [5.74, 6) is 0.0521. The van der Waals surface area contributed by atoms with E-state index in [2.05, 4.69) is 10.5 Å². The molecule has 3 N–H and O–H groups in total. The molecule has 0 radical (unpaired) electrons. The Labute approximate surface area is 189 Å². The predicted molar refractivity (Wildman–Crippen MR) is 117 cm³/mol. The molecule has 0 aliphatic carbocycles. The van der Waals surface area contributed by atoms with E-state index in [0.29, 0.717) is 26.9 Å². The van der Waals surface area contributed by atoms with Gasteiger partial charge in [0.1, 0.15) is 4.87 Å². The first-order chi connectivity index (χ1) is 13.5. The van der Waals surface area contributed by atoms with E-state index in [-0.39, 0.29) is 5.11 Å². The number of thioether (sulfide) groups is 1. The lowest BCUT2D eigenvalue weighted by Crippen LogP contribution is -2.38. The third-order valence-corrected chi connectivity index (χ3v) is 7.06. The third kappa shape index (κ3) is 4.61. The lowest BCUT2D eigenvalue weighted by Gasteiger charge is -2.39.